The second-order valence-electron chi connectivity index (χ2n) is 5.68. The lowest BCUT2D eigenvalue weighted by Crippen LogP contribution is -2.13. The van der Waals surface area contributed by atoms with Crippen molar-refractivity contribution in [3.05, 3.63) is 65.1 Å². The Bertz CT molecular complexity index is 1020. The van der Waals surface area contributed by atoms with E-state index in [1.165, 1.54) is 5.56 Å². The van der Waals surface area contributed by atoms with Crippen LogP contribution >= 0.6 is 11.3 Å². The third-order valence-corrected chi connectivity index (χ3v) is 4.69. The Balaban J connectivity index is 1.82. The summed E-state index contributed by atoms with van der Waals surface area (Å²) in [6, 6.07) is 12.1. The predicted molar refractivity (Wildman–Crippen MR) is 97.7 cm³/mol. The summed E-state index contributed by atoms with van der Waals surface area (Å²) in [6.07, 6.45) is 4.08. The number of carbonyl (C=O) groups excluding carboxylic acids is 1. The van der Waals surface area contributed by atoms with Gasteiger partial charge in [-0.2, -0.15) is 11.3 Å². The second-order valence-corrected chi connectivity index (χ2v) is 6.46. The van der Waals surface area contributed by atoms with Gasteiger partial charge in [0, 0.05) is 28.9 Å². The Hall–Kier alpha value is -2.92. The molecule has 5 heteroatoms. The maximum Gasteiger partial charge on any atom is 0.221 e. The van der Waals surface area contributed by atoms with Gasteiger partial charge >= 0.3 is 0 Å². The fourth-order valence-corrected chi connectivity index (χ4v) is 3.54. The summed E-state index contributed by atoms with van der Waals surface area (Å²) in [5, 5.41) is 5.24. The fraction of sp³-hybridized carbons (Fsp3) is 0.0526. The zero-order valence-electron chi connectivity index (χ0n) is 12.8. The summed E-state index contributed by atoms with van der Waals surface area (Å²) in [5.74, 6) is -0.326. The van der Waals surface area contributed by atoms with Gasteiger partial charge in [0.2, 0.25) is 5.91 Å². The number of fused-ring (bicyclic) bond motifs is 1. The highest BCUT2D eigenvalue weighted by molar-refractivity contribution is 7.08. The molecule has 0 saturated heterocycles. The number of aromatic nitrogens is 2. The van der Waals surface area contributed by atoms with Crippen molar-refractivity contribution in [2.24, 2.45) is 5.73 Å². The highest BCUT2D eigenvalue weighted by Crippen LogP contribution is 2.32. The Morgan fingerprint density at radius 2 is 2.08 bits per heavy atom. The van der Waals surface area contributed by atoms with E-state index < -0.39 is 0 Å². The third-order valence-electron chi connectivity index (χ3n) is 4.00. The van der Waals surface area contributed by atoms with Crippen molar-refractivity contribution in [2.45, 2.75) is 6.42 Å². The number of nitrogens with one attached hydrogen (secondary N) is 1. The van der Waals surface area contributed by atoms with Gasteiger partial charge in [-0.15, -0.1) is 0 Å². The molecule has 0 aliphatic heterocycles. The van der Waals surface area contributed by atoms with E-state index in [9.17, 15) is 4.79 Å². The first-order chi connectivity index (χ1) is 11.7. The first-order valence-electron chi connectivity index (χ1n) is 7.58. The van der Waals surface area contributed by atoms with E-state index in [-0.39, 0.29) is 12.3 Å². The van der Waals surface area contributed by atoms with Crippen molar-refractivity contribution >= 4 is 28.3 Å². The summed E-state index contributed by atoms with van der Waals surface area (Å²) in [7, 11) is 0. The van der Waals surface area contributed by atoms with Crippen LogP contribution in [0.15, 0.2) is 59.6 Å². The minimum Gasteiger partial charge on any atom is -0.369 e. The molecule has 0 fully saturated rings. The number of thiophene rings is 1. The van der Waals surface area contributed by atoms with Gasteiger partial charge in [0.1, 0.15) is 5.65 Å². The van der Waals surface area contributed by atoms with E-state index in [2.05, 4.69) is 32.9 Å². The van der Waals surface area contributed by atoms with Gasteiger partial charge in [0.25, 0.3) is 0 Å². The van der Waals surface area contributed by atoms with Crippen molar-refractivity contribution < 1.29 is 4.79 Å². The SMILES string of the molecule is NC(=O)Cc1cccc(-c2c[nH]c3ncc(-c4ccsc4)cc23)c1. The molecule has 3 aromatic heterocycles. The summed E-state index contributed by atoms with van der Waals surface area (Å²) in [4.78, 5) is 18.9. The zero-order valence-corrected chi connectivity index (χ0v) is 13.6. The predicted octanol–water partition coefficient (Wildman–Crippen LogP) is 3.99. The Labute approximate surface area is 143 Å². The minimum absolute atomic E-state index is 0.245. The van der Waals surface area contributed by atoms with E-state index in [1.807, 2.05) is 36.7 Å². The summed E-state index contributed by atoms with van der Waals surface area (Å²) < 4.78 is 0. The molecule has 118 valence electrons. The van der Waals surface area contributed by atoms with Crippen LogP contribution in [0, 0.1) is 0 Å². The van der Waals surface area contributed by atoms with Crippen molar-refractivity contribution in [2.75, 3.05) is 0 Å². The largest absolute Gasteiger partial charge is 0.369 e. The van der Waals surface area contributed by atoms with Gasteiger partial charge in [-0.05, 0) is 39.6 Å². The number of benzene rings is 1. The molecule has 0 aliphatic rings. The molecule has 0 atom stereocenters. The number of amides is 1. The highest BCUT2D eigenvalue weighted by Gasteiger charge is 2.10. The van der Waals surface area contributed by atoms with Gasteiger partial charge in [-0.25, -0.2) is 4.98 Å². The molecule has 0 saturated carbocycles. The zero-order chi connectivity index (χ0) is 16.5. The summed E-state index contributed by atoms with van der Waals surface area (Å²) >= 11 is 1.67. The molecule has 24 heavy (non-hydrogen) atoms. The van der Waals surface area contributed by atoms with Crippen LogP contribution in [0.4, 0.5) is 0 Å². The number of aromatic amines is 1. The van der Waals surface area contributed by atoms with E-state index in [0.717, 1.165) is 33.3 Å². The van der Waals surface area contributed by atoms with Gasteiger partial charge < -0.3 is 10.7 Å². The number of H-pyrrole nitrogens is 1. The standard InChI is InChI=1S/C19H15N3OS/c20-18(23)7-12-2-1-3-13(6-12)17-10-22-19-16(17)8-15(9-21-19)14-4-5-24-11-14/h1-6,8-11H,7H2,(H2,20,23)(H,21,22). The van der Waals surface area contributed by atoms with Crippen LogP contribution in [0.5, 0.6) is 0 Å². The number of nitrogens with zero attached hydrogens (tertiary/aromatic N) is 1. The molecule has 0 unspecified atom stereocenters. The van der Waals surface area contributed by atoms with E-state index in [0.29, 0.717) is 0 Å². The number of rotatable bonds is 4. The molecule has 1 aromatic carbocycles. The highest BCUT2D eigenvalue weighted by atomic mass is 32.1. The molecule has 0 spiro atoms. The van der Waals surface area contributed by atoms with E-state index in [4.69, 9.17) is 5.73 Å². The number of carbonyl (C=O) groups is 1. The van der Waals surface area contributed by atoms with Crippen molar-refractivity contribution in [1.29, 1.82) is 0 Å². The minimum atomic E-state index is -0.326. The van der Waals surface area contributed by atoms with E-state index in [1.54, 1.807) is 11.3 Å². The van der Waals surface area contributed by atoms with Crippen LogP contribution in [0.1, 0.15) is 5.56 Å². The number of nitrogens with two attached hydrogens (primary N) is 1. The number of hydrogen-bond donors (Lipinski definition) is 2. The molecule has 3 N–H and O–H groups in total. The van der Waals surface area contributed by atoms with Gasteiger partial charge in [0.05, 0.1) is 6.42 Å². The molecular weight excluding hydrogens is 318 g/mol. The topological polar surface area (TPSA) is 71.8 Å². The van der Waals surface area contributed by atoms with Crippen LogP contribution in [0.2, 0.25) is 0 Å². The number of primary amides is 1. The molecule has 0 radical (unpaired) electrons. The Kier molecular flexibility index (Phi) is 3.63. The molecule has 4 nitrogen and oxygen atoms in total. The van der Waals surface area contributed by atoms with Gasteiger partial charge in [0.15, 0.2) is 0 Å². The monoisotopic (exact) mass is 333 g/mol. The van der Waals surface area contributed by atoms with Crippen molar-refractivity contribution in [1.82, 2.24) is 9.97 Å². The Morgan fingerprint density at radius 3 is 2.88 bits per heavy atom. The van der Waals surface area contributed by atoms with Crippen LogP contribution in [-0.2, 0) is 11.2 Å². The van der Waals surface area contributed by atoms with E-state index >= 15 is 0 Å². The molecular formula is C19H15N3OS. The van der Waals surface area contributed by atoms with Crippen LogP contribution in [-0.4, -0.2) is 15.9 Å². The molecule has 4 aromatic rings. The van der Waals surface area contributed by atoms with Crippen molar-refractivity contribution in [3.63, 3.8) is 0 Å². The molecule has 3 heterocycles. The normalized spacial score (nSPS) is 11.0. The number of pyridine rings is 1. The average Bonchev–Trinajstić information content (AvgIpc) is 3.23. The molecule has 4 rings (SSSR count). The smallest absolute Gasteiger partial charge is 0.221 e. The number of hydrogen-bond acceptors (Lipinski definition) is 3. The first kappa shape index (κ1) is 14.7. The van der Waals surface area contributed by atoms with Crippen LogP contribution in [0.25, 0.3) is 33.3 Å². The quantitative estimate of drug-likeness (QED) is 0.593. The lowest BCUT2D eigenvalue weighted by molar-refractivity contribution is -0.117. The second kappa shape index (κ2) is 5.94. The molecule has 1 amide bonds. The lowest BCUT2D eigenvalue weighted by atomic mass is 10.0. The average molecular weight is 333 g/mol. The molecule has 0 bridgehead atoms. The fourth-order valence-electron chi connectivity index (χ4n) is 2.88. The van der Waals surface area contributed by atoms with Crippen molar-refractivity contribution in [3.8, 4) is 22.3 Å². The first-order valence-corrected chi connectivity index (χ1v) is 8.52. The Morgan fingerprint density at radius 1 is 1.17 bits per heavy atom. The third kappa shape index (κ3) is 2.70. The maximum atomic E-state index is 11.2. The van der Waals surface area contributed by atoms with Gasteiger partial charge in [-0.1, -0.05) is 24.3 Å². The summed E-state index contributed by atoms with van der Waals surface area (Å²) in [6.45, 7) is 0. The lowest BCUT2D eigenvalue weighted by Gasteiger charge is -2.04. The van der Waals surface area contributed by atoms with Crippen LogP contribution < -0.4 is 5.73 Å². The molecule has 0 aliphatic carbocycles. The van der Waals surface area contributed by atoms with Crippen LogP contribution in [0.3, 0.4) is 0 Å². The van der Waals surface area contributed by atoms with Gasteiger partial charge in [-0.3, -0.25) is 4.79 Å². The summed E-state index contributed by atoms with van der Waals surface area (Å²) in [5.41, 5.74) is 11.4. The maximum absolute atomic E-state index is 11.2.